The number of nitrogens with one attached hydrogen (secondary N) is 2. The number of hydrogen-bond donors (Lipinski definition) is 2. The molecule has 0 heterocycles. The lowest BCUT2D eigenvalue weighted by molar-refractivity contribution is -0.154. The average molecular weight is 461 g/mol. The molecular weight excluding hydrogens is 420 g/mol. The first-order valence-corrected chi connectivity index (χ1v) is 11.9. The summed E-state index contributed by atoms with van der Waals surface area (Å²) in [6.45, 7) is 11.6. The van der Waals surface area contributed by atoms with Gasteiger partial charge in [-0.25, -0.2) is 4.79 Å². The van der Waals surface area contributed by atoms with Gasteiger partial charge in [0.25, 0.3) is 0 Å². The first-order valence-electron chi connectivity index (χ1n) is 11.9. The van der Waals surface area contributed by atoms with Gasteiger partial charge in [0.2, 0.25) is 5.91 Å². The number of carbonyl (C=O) groups is 3. The third-order valence-corrected chi connectivity index (χ3v) is 6.05. The molecule has 2 rings (SSSR count). The van der Waals surface area contributed by atoms with E-state index in [4.69, 9.17) is 9.47 Å². The van der Waals surface area contributed by atoms with Crippen LogP contribution in [-0.4, -0.2) is 36.7 Å². The number of esters is 1. The van der Waals surface area contributed by atoms with Gasteiger partial charge in [-0.15, -0.1) is 0 Å². The highest BCUT2D eigenvalue weighted by molar-refractivity contribution is 5.82. The van der Waals surface area contributed by atoms with Gasteiger partial charge in [-0.1, -0.05) is 57.5 Å². The molecule has 1 saturated carbocycles. The van der Waals surface area contributed by atoms with Gasteiger partial charge in [0.15, 0.2) is 0 Å². The van der Waals surface area contributed by atoms with Crippen molar-refractivity contribution in [2.75, 3.05) is 13.2 Å². The maximum atomic E-state index is 13.0. The zero-order chi connectivity index (χ0) is 24.6. The molecule has 7 nitrogen and oxygen atoms in total. The Morgan fingerprint density at radius 3 is 2.36 bits per heavy atom. The standard InChI is InChI=1S/C26H40N2O5/c1-17(2)20-13-12-18(3)14-21(20)24(30)32-16-22(19-10-8-7-9-11-19)28-23(29)15-27-25(31)33-26(4,5)6/h7-11,17-18,20-22H,12-16H2,1-6H3,(H,27,31)(H,28,29)/t18-,20+,21-,22+/m1/s1. The van der Waals surface area contributed by atoms with Crippen molar-refractivity contribution >= 4 is 18.0 Å². The summed E-state index contributed by atoms with van der Waals surface area (Å²) in [6.07, 6.45) is 2.35. The van der Waals surface area contributed by atoms with Gasteiger partial charge in [-0.2, -0.15) is 0 Å². The summed E-state index contributed by atoms with van der Waals surface area (Å²) >= 11 is 0. The second-order valence-electron chi connectivity index (χ2n) is 10.4. The van der Waals surface area contributed by atoms with Crippen molar-refractivity contribution in [2.24, 2.45) is 23.7 Å². The molecular formula is C26H40N2O5. The van der Waals surface area contributed by atoms with Crippen LogP contribution in [0.25, 0.3) is 0 Å². The van der Waals surface area contributed by atoms with E-state index in [1.54, 1.807) is 20.8 Å². The fraction of sp³-hybridized carbons (Fsp3) is 0.654. The minimum absolute atomic E-state index is 0.0384. The highest BCUT2D eigenvalue weighted by Gasteiger charge is 2.36. The van der Waals surface area contributed by atoms with Gasteiger partial charge >= 0.3 is 12.1 Å². The smallest absolute Gasteiger partial charge is 0.408 e. The van der Waals surface area contributed by atoms with Crippen molar-refractivity contribution in [3.05, 3.63) is 35.9 Å². The fourth-order valence-electron chi connectivity index (χ4n) is 4.36. The summed E-state index contributed by atoms with van der Waals surface area (Å²) in [6, 6.07) is 8.86. The van der Waals surface area contributed by atoms with Crippen molar-refractivity contribution in [3.8, 4) is 0 Å². The molecule has 2 N–H and O–H groups in total. The van der Waals surface area contributed by atoms with Crippen molar-refractivity contribution < 1.29 is 23.9 Å². The molecule has 1 aromatic rings. The van der Waals surface area contributed by atoms with Crippen molar-refractivity contribution in [2.45, 2.75) is 72.4 Å². The molecule has 1 aliphatic carbocycles. The van der Waals surface area contributed by atoms with Gasteiger partial charge in [0, 0.05) is 0 Å². The quantitative estimate of drug-likeness (QED) is 0.552. The van der Waals surface area contributed by atoms with Crippen LogP contribution < -0.4 is 10.6 Å². The molecule has 0 bridgehead atoms. The van der Waals surface area contributed by atoms with Crippen LogP contribution >= 0.6 is 0 Å². The Morgan fingerprint density at radius 1 is 1.09 bits per heavy atom. The molecule has 1 fully saturated rings. The van der Waals surface area contributed by atoms with Gasteiger partial charge in [0.05, 0.1) is 12.0 Å². The Hall–Kier alpha value is -2.57. The highest BCUT2D eigenvalue weighted by Crippen LogP contribution is 2.38. The molecule has 0 radical (unpaired) electrons. The first-order chi connectivity index (χ1) is 15.5. The van der Waals surface area contributed by atoms with E-state index >= 15 is 0 Å². The Morgan fingerprint density at radius 2 is 1.76 bits per heavy atom. The van der Waals surface area contributed by atoms with E-state index in [0.717, 1.165) is 24.8 Å². The molecule has 33 heavy (non-hydrogen) atoms. The third-order valence-electron chi connectivity index (χ3n) is 6.05. The van der Waals surface area contributed by atoms with E-state index in [-0.39, 0.29) is 25.0 Å². The topological polar surface area (TPSA) is 93.7 Å². The minimum Gasteiger partial charge on any atom is -0.463 e. The molecule has 1 aromatic carbocycles. The molecule has 4 atom stereocenters. The number of rotatable bonds is 8. The lowest BCUT2D eigenvalue weighted by Gasteiger charge is -2.36. The number of benzene rings is 1. The largest absolute Gasteiger partial charge is 0.463 e. The van der Waals surface area contributed by atoms with E-state index < -0.39 is 23.6 Å². The molecule has 0 aromatic heterocycles. The Bertz CT molecular complexity index is 788. The van der Waals surface area contributed by atoms with E-state index in [2.05, 4.69) is 31.4 Å². The normalized spacial score (nSPS) is 21.7. The van der Waals surface area contributed by atoms with Crippen LogP contribution in [-0.2, 0) is 19.1 Å². The first kappa shape index (κ1) is 26.7. The van der Waals surface area contributed by atoms with Gasteiger partial charge < -0.3 is 20.1 Å². The van der Waals surface area contributed by atoms with Crippen LogP contribution in [0.5, 0.6) is 0 Å². The summed E-state index contributed by atoms with van der Waals surface area (Å²) < 4.78 is 10.9. The predicted molar refractivity (Wildman–Crippen MR) is 127 cm³/mol. The van der Waals surface area contributed by atoms with Crippen molar-refractivity contribution in [3.63, 3.8) is 0 Å². The zero-order valence-electron chi connectivity index (χ0n) is 20.9. The Labute approximate surface area is 198 Å². The SMILES string of the molecule is CC(C)[C@@H]1CC[C@@H](C)C[C@H]1C(=O)OC[C@H](NC(=O)CNC(=O)OC(C)(C)C)c1ccccc1. The number of hydrogen-bond acceptors (Lipinski definition) is 5. The zero-order valence-corrected chi connectivity index (χ0v) is 20.9. The second-order valence-corrected chi connectivity index (χ2v) is 10.4. The van der Waals surface area contributed by atoms with Crippen LogP contribution in [0.3, 0.4) is 0 Å². The molecule has 0 spiro atoms. The summed E-state index contributed by atoms with van der Waals surface area (Å²) in [5, 5.41) is 5.32. The maximum Gasteiger partial charge on any atom is 0.408 e. The number of alkyl carbamates (subject to hydrolysis) is 1. The third kappa shape index (κ3) is 9.06. The summed E-state index contributed by atoms with van der Waals surface area (Å²) in [4.78, 5) is 37.4. The highest BCUT2D eigenvalue weighted by atomic mass is 16.6. The lowest BCUT2D eigenvalue weighted by atomic mass is 9.70. The van der Waals surface area contributed by atoms with Crippen molar-refractivity contribution in [1.29, 1.82) is 0 Å². The monoisotopic (exact) mass is 460 g/mol. The van der Waals surface area contributed by atoms with E-state index in [0.29, 0.717) is 17.8 Å². The van der Waals surface area contributed by atoms with E-state index in [1.165, 1.54) is 0 Å². The van der Waals surface area contributed by atoms with Gasteiger partial charge in [-0.05, 0) is 56.9 Å². The number of amides is 2. The number of carbonyl (C=O) groups excluding carboxylic acids is 3. The number of ether oxygens (including phenoxy) is 2. The van der Waals surface area contributed by atoms with Crippen molar-refractivity contribution in [1.82, 2.24) is 10.6 Å². The lowest BCUT2D eigenvalue weighted by Crippen LogP contribution is -2.42. The van der Waals surface area contributed by atoms with Gasteiger partial charge in [0.1, 0.15) is 18.8 Å². The van der Waals surface area contributed by atoms with E-state index in [9.17, 15) is 14.4 Å². The minimum atomic E-state index is -0.661. The van der Waals surface area contributed by atoms with Crippen LogP contribution in [0.2, 0.25) is 0 Å². The molecule has 2 amide bonds. The van der Waals surface area contributed by atoms with E-state index in [1.807, 2.05) is 30.3 Å². The molecule has 0 unspecified atom stereocenters. The Balaban J connectivity index is 1.99. The second kappa shape index (κ2) is 12.1. The summed E-state index contributed by atoms with van der Waals surface area (Å²) in [5.41, 5.74) is 0.180. The molecule has 0 saturated heterocycles. The molecule has 7 heteroatoms. The summed E-state index contributed by atoms with van der Waals surface area (Å²) in [5.74, 6) is 0.533. The summed E-state index contributed by atoms with van der Waals surface area (Å²) in [7, 11) is 0. The molecule has 1 aliphatic rings. The van der Waals surface area contributed by atoms with Gasteiger partial charge in [-0.3, -0.25) is 9.59 Å². The maximum absolute atomic E-state index is 13.0. The van der Waals surface area contributed by atoms with Crippen LogP contribution in [0.15, 0.2) is 30.3 Å². The molecule has 184 valence electrons. The molecule has 0 aliphatic heterocycles. The van der Waals surface area contributed by atoms with Crippen LogP contribution in [0, 0.1) is 23.7 Å². The fourth-order valence-corrected chi connectivity index (χ4v) is 4.36. The van der Waals surface area contributed by atoms with Crippen LogP contribution in [0.1, 0.15) is 72.4 Å². The van der Waals surface area contributed by atoms with Crippen LogP contribution in [0.4, 0.5) is 4.79 Å². The average Bonchev–Trinajstić information content (AvgIpc) is 2.74. The Kier molecular flexibility index (Phi) is 9.74. The predicted octanol–water partition coefficient (Wildman–Crippen LogP) is 4.62.